The number of hydrogen-bond donors (Lipinski definition) is 0. The number of esters is 1. The summed E-state index contributed by atoms with van der Waals surface area (Å²) in [5.74, 6) is -1.04. The first-order chi connectivity index (χ1) is 6.61. The van der Waals surface area contributed by atoms with Gasteiger partial charge in [-0.25, -0.2) is 0 Å². The molecular weight excluding hydrogens is 184 g/mol. The third kappa shape index (κ3) is 1.75. The fraction of sp³-hybridized carbons (Fsp3) is 0.667. The van der Waals surface area contributed by atoms with Gasteiger partial charge in [-0.05, 0) is 7.05 Å². The maximum absolute atomic E-state index is 11.4. The molecule has 1 saturated heterocycles. The molecule has 1 heterocycles. The summed E-state index contributed by atoms with van der Waals surface area (Å²) < 4.78 is 4.59. The summed E-state index contributed by atoms with van der Waals surface area (Å²) in [7, 11) is 2.96. The van der Waals surface area contributed by atoms with Crippen LogP contribution in [0.2, 0.25) is 0 Å². The van der Waals surface area contributed by atoms with E-state index in [-0.39, 0.29) is 18.7 Å². The molecule has 0 aromatic carbocycles. The van der Waals surface area contributed by atoms with E-state index < -0.39 is 17.9 Å². The second-order valence-electron chi connectivity index (χ2n) is 3.32. The summed E-state index contributed by atoms with van der Waals surface area (Å²) in [6.45, 7) is 0.214. The topological polar surface area (TPSA) is 70.4 Å². The monoisotopic (exact) mass is 196 g/mol. The minimum atomic E-state index is -0.591. The molecule has 0 radical (unpaired) electrons. The first-order valence-electron chi connectivity index (χ1n) is 4.29. The predicted octanol–water partition coefficient (Wildman–Crippen LogP) is -0.428. The second-order valence-corrected chi connectivity index (χ2v) is 3.32. The normalized spacial score (nSPS) is 27.4. The lowest BCUT2D eigenvalue weighted by Gasteiger charge is -2.19. The van der Waals surface area contributed by atoms with Gasteiger partial charge >= 0.3 is 5.97 Å². The molecule has 0 aromatic rings. The summed E-state index contributed by atoms with van der Waals surface area (Å²) in [5, 5.41) is 8.53. The highest BCUT2D eigenvalue weighted by molar-refractivity contribution is 5.93. The Kier molecular flexibility index (Phi) is 3.20. The van der Waals surface area contributed by atoms with Gasteiger partial charge in [-0.1, -0.05) is 0 Å². The van der Waals surface area contributed by atoms with E-state index in [2.05, 4.69) is 4.74 Å². The molecule has 0 amide bonds. The Bertz CT molecular complexity index is 295. The van der Waals surface area contributed by atoms with Crippen molar-refractivity contribution in [1.82, 2.24) is 4.90 Å². The summed E-state index contributed by atoms with van der Waals surface area (Å²) in [6.07, 6.45) is 0.0724. The van der Waals surface area contributed by atoms with Crippen molar-refractivity contribution < 1.29 is 14.3 Å². The standard InChI is InChI=1S/C9H12N2O3/c1-11-5-7(12)6(3-4-10)8(11)9(13)14-2/h6,8H,3,5H2,1-2H3/t6?,8-/m0/s1. The molecule has 0 bridgehead atoms. The van der Waals surface area contributed by atoms with Crippen LogP contribution in [0.25, 0.3) is 0 Å². The molecule has 5 nitrogen and oxygen atoms in total. The average molecular weight is 196 g/mol. The van der Waals surface area contributed by atoms with Crippen molar-refractivity contribution in [3.05, 3.63) is 0 Å². The molecule has 14 heavy (non-hydrogen) atoms. The number of nitrogens with zero attached hydrogens (tertiary/aromatic N) is 2. The van der Waals surface area contributed by atoms with Gasteiger partial charge in [-0.2, -0.15) is 5.26 Å². The fourth-order valence-corrected chi connectivity index (χ4v) is 1.73. The molecule has 1 aliphatic heterocycles. The van der Waals surface area contributed by atoms with Crippen LogP contribution in [0.15, 0.2) is 0 Å². The van der Waals surface area contributed by atoms with Crippen molar-refractivity contribution in [2.45, 2.75) is 12.5 Å². The number of ketones is 1. The number of nitriles is 1. The van der Waals surface area contributed by atoms with E-state index in [9.17, 15) is 9.59 Å². The summed E-state index contributed by atoms with van der Waals surface area (Å²) in [5.41, 5.74) is 0. The highest BCUT2D eigenvalue weighted by Gasteiger charge is 2.43. The van der Waals surface area contributed by atoms with E-state index in [1.165, 1.54) is 7.11 Å². The number of ether oxygens (including phenoxy) is 1. The Morgan fingerprint density at radius 3 is 2.93 bits per heavy atom. The maximum Gasteiger partial charge on any atom is 0.323 e. The Balaban J connectivity index is 2.84. The Labute approximate surface area is 82.2 Å². The third-order valence-electron chi connectivity index (χ3n) is 2.43. The van der Waals surface area contributed by atoms with E-state index in [4.69, 9.17) is 5.26 Å². The highest BCUT2D eigenvalue weighted by atomic mass is 16.5. The van der Waals surface area contributed by atoms with Crippen molar-refractivity contribution in [2.75, 3.05) is 20.7 Å². The quantitative estimate of drug-likeness (QED) is 0.560. The number of carbonyl (C=O) groups excluding carboxylic acids is 2. The Morgan fingerprint density at radius 1 is 1.79 bits per heavy atom. The average Bonchev–Trinajstić information content (AvgIpc) is 2.42. The van der Waals surface area contributed by atoms with Crippen LogP contribution in [-0.4, -0.2) is 43.4 Å². The molecule has 5 heteroatoms. The maximum atomic E-state index is 11.4. The highest BCUT2D eigenvalue weighted by Crippen LogP contribution is 2.23. The molecule has 0 aliphatic carbocycles. The van der Waals surface area contributed by atoms with Crippen LogP contribution < -0.4 is 0 Å². The minimum absolute atomic E-state index is 0.0653. The second kappa shape index (κ2) is 4.20. The van der Waals surface area contributed by atoms with Gasteiger partial charge in [-0.3, -0.25) is 14.5 Å². The zero-order valence-corrected chi connectivity index (χ0v) is 8.19. The molecule has 2 atom stereocenters. The van der Waals surface area contributed by atoms with Crippen LogP contribution in [-0.2, 0) is 14.3 Å². The summed E-state index contributed by atoms with van der Waals surface area (Å²) in [6, 6.07) is 1.32. The van der Waals surface area contributed by atoms with E-state index in [1.54, 1.807) is 11.9 Å². The molecular formula is C9H12N2O3. The molecule has 1 unspecified atom stereocenters. The molecule has 76 valence electrons. The number of Topliss-reactive ketones (excluding diaryl/α,β-unsaturated/α-hetero) is 1. The number of rotatable bonds is 2. The largest absolute Gasteiger partial charge is 0.468 e. The van der Waals surface area contributed by atoms with Crippen LogP contribution in [0.4, 0.5) is 0 Å². The molecule has 1 fully saturated rings. The number of methoxy groups -OCH3 is 1. The van der Waals surface area contributed by atoms with Crippen molar-refractivity contribution in [3.63, 3.8) is 0 Å². The molecule has 0 aromatic heterocycles. The van der Waals surface area contributed by atoms with E-state index in [1.807, 2.05) is 6.07 Å². The predicted molar refractivity (Wildman–Crippen MR) is 47.2 cm³/mol. The van der Waals surface area contributed by atoms with Gasteiger partial charge in [0.1, 0.15) is 6.04 Å². The van der Waals surface area contributed by atoms with E-state index in [0.717, 1.165) is 0 Å². The number of likely N-dealkylation sites (tertiary alicyclic amines) is 1. The lowest BCUT2D eigenvalue weighted by molar-refractivity contribution is -0.147. The van der Waals surface area contributed by atoms with Crippen LogP contribution in [0.5, 0.6) is 0 Å². The minimum Gasteiger partial charge on any atom is -0.468 e. The van der Waals surface area contributed by atoms with Gasteiger partial charge in [0.2, 0.25) is 0 Å². The molecule has 0 saturated carbocycles. The summed E-state index contributed by atoms with van der Waals surface area (Å²) >= 11 is 0. The zero-order valence-electron chi connectivity index (χ0n) is 8.19. The van der Waals surface area contributed by atoms with Gasteiger partial charge in [0, 0.05) is 6.42 Å². The molecule has 0 spiro atoms. The van der Waals surface area contributed by atoms with Crippen LogP contribution in [0, 0.1) is 17.2 Å². The number of carbonyl (C=O) groups is 2. The van der Waals surface area contributed by atoms with Gasteiger partial charge in [-0.15, -0.1) is 0 Å². The van der Waals surface area contributed by atoms with E-state index >= 15 is 0 Å². The lowest BCUT2D eigenvalue weighted by atomic mass is 9.96. The van der Waals surface area contributed by atoms with Gasteiger partial charge in [0.25, 0.3) is 0 Å². The van der Waals surface area contributed by atoms with Crippen LogP contribution >= 0.6 is 0 Å². The summed E-state index contributed by atoms with van der Waals surface area (Å²) in [4.78, 5) is 24.4. The van der Waals surface area contributed by atoms with Crippen LogP contribution in [0.1, 0.15) is 6.42 Å². The smallest absolute Gasteiger partial charge is 0.323 e. The zero-order chi connectivity index (χ0) is 10.7. The molecule has 1 aliphatic rings. The number of likely N-dealkylation sites (N-methyl/N-ethyl adjacent to an activating group) is 1. The van der Waals surface area contributed by atoms with E-state index in [0.29, 0.717) is 0 Å². The molecule has 0 N–H and O–H groups in total. The SMILES string of the molecule is COC(=O)[C@@H]1C(CC#N)C(=O)CN1C. The van der Waals surface area contributed by atoms with Crippen molar-refractivity contribution in [2.24, 2.45) is 5.92 Å². The third-order valence-corrected chi connectivity index (χ3v) is 2.43. The van der Waals surface area contributed by atoms with Crippen molar-refractivity contribution in [3.8, 4) is 6.07 Å². The fourth-order valence-electron chi connectivity index (χ4n) is 1.73. The van der Waals surface area contributed by atoms with Crippen molar-refractivity contribution in [1.29, 1.82) is 5.26 Å². The number of hydrogen-bond acceptors (Lipinski definition) is 5. The van der Waals surface area contributed by atoms with Gasteiger partial charge < -0.3 is 4.74 Å². The Hall–Kier alpha value is -1.41. The first-order valence-corrected chi connectivity index (χ1v) is 4.29. The van der Waals surface area contributed by atoms with Gasteiger partial charge in [0.05, 0.1) is 25.6 Å². The lowest BCUT2D eigenvalue weighted by Crippen LogP contribution is -2.38. The Morgan fingerprint density at radius 2 is 2.43 bits per heavy atom. The first kappa shape index (κ1) is 10.7. The molecule has 1 rings (SSSR count). The van der Waals surface area contributed by atoms with Gasteiger partial charge in [0.15, 0.2) is 5.78 Å². The van der Waals surface area contributed by atoms with Crippen LogP contribution in [0.3, 0.4) is 0 Å². The van der Waals surface area contributed by atoms with Crippen molar-refractivity contribution >= 4 is 11.8 Å².